The van der Waals surface area contributed by atoms with Gasteiger partial charge in [-0.25, -0.2) is 0 Å². The second kappa shape index (κ2) is 5.97. The second-order valence-corrected chi connectivity index (χ2v) is 4.91. The molecule has 2 rings (SSSR count). The van der Waals surface area contributed by atoms with Crippen LogP contribution in [0, 0.1) is 6.92 Å². The third-order valence-corrected chi connectivity index (χ3v) is 3.39. The molecule has 0 aliphatic rings. The van der Waals surface area contributed by atoms with Gasteiger partial charge in [0, 0.05) is 18.2 Å². The van der Waals surface area contributed by atoms with Crippen molar-refractivity contribution in [3.8, 4) is 17.0 Å². The van der Waals surface area contributed by atoms with Gasteiger partial charge in [-0.1, -0.05) is 30.3 Å². The normalized spacial score (nSPS) is 10.3. The number of pyridine rings is 1. The summed E-state index contributed by atoms with van der Waals surface area (Å²) in [6.45, 7) is 5.82. The minimum Gasteiger partial charge on any atom is -0.490 e. The Hall–Kier alpha value is -2.00. The van der Waals surface area contributed by atoms with Crippen molar-refractivity contribution >= 4 is 11.6 Å². The smallest absolute Gasteiger partial charge is 0.253 e. The Morgan fingerprint density at radius 3 is 2.75 bits per heavy atom. The SMILES string of the molecule is C=CCOc1ccc(-c2ccc(C)c(=O)n2C)c(Cl)c1. The van der Waals surface area contributed by atoms with Crippen LogP contribution in [0.4, 0.5) is 0 Å². The van der Waals surface area contributed by atoms with E-state index in [0.29, 0.717) is 22.9 Å². The Bertz CT molecular complexity index is 704. The zero-order chi connectivity index (χ0) is 14.7. The summed E-state index contributed by atoms with van der Waals surface area (Å²) in [6.07, 6.45) is 1.67. The van der Waals surface area contributed by atoms with Gasteiger partial charge in [-0.3, -0.25) is 4.79 Å². The third kappa shape index (κ3) is 2.78. The molecule has 0 atom stereocenters. The van der Waals surface area contributed by atoms with Gasteiger partial charge in [-0.05, 0) is 31.2 Å². The van der Waals surface area contributed by atoms with E-state index in [1.165, 1.54) is 0 Å². The van der Waals surface area contributed by atoms with E-state index in [-0.39, 0.29) is 5.56 Å². The second-order valence-electron chi connectivity index (χ2n) is 4.51. The highest BCUT2D eigenvalue weighted by Crippen LogP contribution is 2.30. The fourth-order valence-corrected chi connectivity index (χ4v) is 2.25. The molecule has 0 aliphatic heterocycles. The van der Waals surface area contributed by atoms with Crippen LogP contribution in [0.15, 0.2) is 47.8 Å². The highest BCUT2D eigenvalue weighted by Gasteiger charge is 2.09. The lowest BCUT2D eigenvalue weighted by Gasteiger charge is -2.12. The van der Waals surface area contributed by atoms with Crippen molar-refractivity contribution in [3.05, 3.63) is 63.9 Å². The van der Waals surface area contributed by atoms with Crippen molar-refractivity contribution in [1.82, 2.24) is 4.57 Å². The van der Waals surface area contributed by atoms with Crippen LogP contribution in [0.3, 0.4) is 0 Å². The molecule has 0 N–H and O–H groups in total. The van der Waals surface area contributed by atoms with Crippen LogP contribution in [-0.4, -0.2) is 11.2 Å². The average molecular weight is 290 g/mol. The van der Waals surface area contributed by atoms with Crippen molar-refractivity contribution in [2.45, 2.75) is 6.92 Å². The molecule has 1 heterocycles. The van der Waals surface area contributed by atoms with Gasteiger partial charge in [0.25, 0.3) is 5.56 Å². The minimum atomic E-state index is -0.0226. The van der Waals surface area contributed by atoms with E-state index < -0.39 is 0 Å². The molecule has 1 aromatic heterocycles. The summed E-state index contributed by atoms with van der Waals surface area (Å²) in [7, 11) is 1.74. The maximum absolute atomic E-state index is 12.0. The summed E-state index contributed by atoms with van der Waals surface area (Å²) in [5, 5.41) is 0.547. The largest absolute Gasteiger partial charge is 0.490 e. The van der Waals surface area contributed by atoms with Crippen LogP contribution in [-0.2, 0) is 7.05 Å². The summed E-state index contributed by atoms with van der Waals surface area (Å²) in [6, 6.07) is 9.11. The molecule has 3 nitrogen and oxygen atoms in total. The topological polar surface area (TPSA) is 31.2 Å². The average Bonchev–Trinajstić information content (AvgIpc) is 2.44. The van der Waals surface area contributed by atoms with Crippen LogP contribution in [0.25, 0.3) is 11.3 Å². The number of aromatic nitrogens is 1. The van der Waals surface area contributed by atoms with Gasteiger partial charge < -0.3 is 9.30 Å². The molecule has 0 aliphatic carbocycles. The number of ether oxygens (including phenoxy) is 1. The predicted molar refractivity (Wildman–Crippen MR) is 82.6 cm³/mol. The summed E-state index contributed by atoms with van der Waals surface area (Å²) in [5.74, 6) is 0.677. The maximum Gasteiger partial charge on any atom is 0.253 e. The van der Waals surface area contributed by atoms with Gasteiger partial charge in [0.05, 0.1) is 10.7 Å². The van der Waals surface area contributed by atoms with Gasteiger partial charge in [-0.15, -0.1) is 0 Å². The van der Waals surface area contributed by atoms with Crippen molar-refractivity contribution in [3.63, 3.8) is 0 Å². The molecular formula is C16H16ClNO2. The molecule has 1 aromatic carbocycles. The fourth-order valence-electron chi connectivity index (χ4n) is 1.98. The Kier molecular flexibility index (Phi) is 4.30. The van der Waals surface area contributed by atoms with Crippen LogP contribution in [0.5, 0.6) is 5.75 Å². The molecule has 2 aromatic rings. The summed E-state index contributed by atoms with van der Waals surface area (Å²) in [5.41, 5.74) is 2.27. The molecule has 0 radical (unpaired) electrons. The van der Waals surface area contributed by atoms with Gasteiger partial charge in [-0.2, -0.15) is 0 Å². The Morgan fingerprint density at radius 2 is 2.10 bits per heavy atom. The lowest BCUT2D eigenvalue weighted by atomic mass is 10.1. The molecule has 0 fully saturated rings. The standard InChI is InChI=1S/C16H16ClNO2/c1-4-9-20-12-6-7-13(14(17)10-12)15-8-5-11(2)16(19)18(15)3/h4-8,10H,1,9H2,2-3H3. The number of aryl methyl sites for hydroxylation is 1. The molecule has 0 bridgehead atoms. The molecular weight excluding hydrogens is 274 g/mol. The first-order chi connectivity index (χ1) is 9.54. The first kappa shape index (κ1) is 14.4. The van der Waals surface area contributed by atoms with Crippen molar-refractivity contribution in [2.24, 2.45) is 7.05 Å². The van der Waals surface area contributed by atoms with Gasteiger partial charge >= 0.3 is 0 Å². The van der Waals surface area contributed by atoms with E-state index in [1.807, 2.05) is 18.2 Å². The molecule has 20 heavy (non-hydrogen) atoms. The first-order valence-electron chi connectivity index (χ1n) is 6.25. The molecule has 0 saturated heterocycles. The number of hydrogen-bond acceptors (Lipinski definition) is 2. The molecule has 0 amide bonds. The van der Waals surface area contributed by atoms with Crippen LogP contribution in [0.2, 0.25) is 5.02 Å². The lowest BCUT2D eigenvalue weighted by molar-refractivity contribution is 0.363. The number of nitrogens with zero attached hydrogens (tertiary/aromatic N) is 1. The minimum absolute atomic E-state index is 0.0226. The van der Waals surface area contributed by atoms with E-state index >= 15 is 0 Å². The van der Waals surface area contributed by atoms with E-state index in [4.69, 9.17) is 16.3 Å². The molecule has 0 saturated carbocycles. The van der Waals surface area contributed by atoms with Crippen LogP contribution < -0.4 is 10.3 Å². The van der Waals surface area contributed by atoms with E-state index in [2.05, 4.69) is 6.58 Å². The Labute approximate surface area is 123 Å². The van der Waals surface area contributed by atoms with Crippen LogP contribution >= 0.6 is 11.6 Å². The number of benzene rings is 1. The Balaban J connectivity index is 2.46. The third-order valence-electron chi connectivity index (χ3n) is 3.08. The highest BCUT2D eigenvalue weighted by atomic mass is 35.5. The fraction of sp³-hybridized carbons (Fsp3) is 0.188. The Morgan fingerprint density at radius 1 is 1.35 bits per heavy atom. The van der Waals surface area contributed by atoms with Crippen molar-refractivity contribution < 1.29 is 4.74 Å². The molecule has 104 valence electrons. The lowest BCUT2D eigenvalue weighted by Crippen LogP contribution is -2.20. The van der Waals surface area contributed by atoms with E-state index in [0.717, 1.165) is 11.3 Å². The van der Waals surface area contributed by atoms with Crippen molar-refractivity contribution in [2.75, 3.05) is 6.61 Å². The zero-order valence-corrected chi connectivity index (χ0v) is 12.3. The monoisotopic (exact) mass is 289 g/mol. The summed E-state index contributed by atoms with van der Waals surface area (Å²) in [4.78, 5) is 12.0. The molecule has 0 spiro atoms. The predicted octanol–water partition coefficient (Wildman–Crippen LogP) is 3.58. The maximum atomic E-state index is 12.0. The van der Waals surface area contributed by atoms with E-state index in [1.54, 1.807) is 36.7 Å². The summed E-state index contributed by atoms with van der Waals surface area (Å²) >= 11 is 6.29. The summed E-state index contributed by atoms with van der Waals surface area (Å²) < 4.78 is 7.03. The number of rotatable bonds is 4. The molecule has 0 unspecified atom stereocenters. The van der Waals surface area contributed by atoms with Gasteiger partial charge in [0.2, 0.25) is 0 Å². The molecule has 4 heteroatoms. The number of halogens is 1. The first-order valence-corrected chi connectivity index (χ1v) is 6.62. The van der Waals surface area contributed by atoms with Crippen LogP contribution in [0.1, 0.15) is 5.56 Å². The van der Waals surface area contributed by atoms with Gasteiger partial charge in [0.1, 0.15) is 12.4 Å². The quantitative estimate of drug-likeness (QED) is 0.806. The van der Waals surface area contributed by atoms with Gasteiger partial charge in [0.15, 0.2) is 0 Å². The highest BCUT2D eigenvalue weighted by molar-refractivity contribution is 6.33. The zero-order valence-electron chi connectivity index (χ0n) is 11.5. The van der Waals surface area contributed by atoms with Crippen molar-refractivity contribution in [1.29, 1.82) is 0 Å². The van der Waals surface area contributed by atoms with E-state index in [9.17, 15) is 4.79 Å². The number of hydrogen-bond donors (Lipinski definition) is 0.